The Morgan fingerprint density at radius 2 is 2.00 bits per heavy atom. The van der Waals surface area contributed by atoms with Gasteiger partial charge in [-0.1, -0.05) is 6.42 Å². The predicted octanol–water partition coefficient (Wildman–Crippen LogP) is 1.38. The highest BCUT2D eigenvalue weighted by atomic mass is 16.3. The highest BCUT2D eigenvalue weighted by Gasteiger charge is 2.30. The van der Waals surface area contributed by atoms with E-state index in [2.05, 4.69) is 4.90 Å². The van der Waals surface area contributed by atoms with Crippen molar-refractivity contribution in [3.8, 4) is 0 Å². The zero-order valence-corrected chi connectivity index (χ0v) is 10.4. The SMILES string of the molecule is CC1(O)CCCN(CC2CCCC2O)CC1. The first-order valence-corrected chi connectivity index (χ1v) is 6.70. The van der Waals surface area contributed by atoms with E-state index in [1.165, 1.54) is 12.8 Å². The van der Waals surface area contributed by atoms with E-state index in [0.29, 0.717) is 5.92 Å². The fourth-order valence-electron chi connectivity index (χ4n) is 3.06. The van der Waals surface area contributed by atoms with Gasteiger partial charge in [0.2, 0.25) is 0 Å². The molecule has 2 aliphatic rings. The van der Waals surface area contributed by atoms with E-state index in [9.17, 15) is 10.2 Å². The van der Waals surface area contributed by atoms with Crippen LogP contribution in [-0.4, -0.2) is 46.5 Å². The molecule has 2 rings (SSSR count). The van der Waals surface area contributed by atoms with Crippen LogP contribution in [-0.2, 0) is 0 Å². The highest BCUT2D eigenvalue weighted by molar-refractivity contribution is 4.83. The van der Waals surface area contributed by atoms with E-state index in [1.54, 1.807) is 0 Å². The molecule has 1 saturated heterocycles. The van der Waals surface area contributed by atoms with Gasteiger partial charge in [0.15, 0.2) is 0 Å². The minimum Gasteiger partial charge on any atom is -0.393 e. The average Bonchev–Trinajstić information content (AvgIpc) is 2.52. The second kappa shape index (κ2) is 5.03. The van der Waals surface area contributed by atoms with Crippen LogP contribution in [0.2, 0.25) is 0 Å². The van der Waals surface area contributed by atoms with Crippen molar-refractivity contribution in [1.82, 2.24) is 4.90 Å². The first kappa shape index (κ1) is 12.3. The van der Waals surface area contributed by atoms with Crippen molar-refractivity contribution < 1.29 is 10.2 Å². The maximum absolute atomic E-state index is 10.0. The third kappa shape index (κ3) is 3.19. The fraction of sp³-hybridized carbons (Fsp3) is 1.00. The van der Waals surface area contributed by atoms with Gasteiger partial charge in [-0.3, -0.25) is 0 Å². The molecule has 0 spiro atoms. The van der Waals surface area contributed by atoms with Gasteiger partial charge in [-0.2, -0.15) is 0 Å². The molecule has 2 fully saturated rings. The summed E-state index contributed by atoms with van der Waals surface area (Å²) in [6, 6.07) is 0. The number of aliphatic hydroxyl groups is 2. The van der Waals surface area contributed by atoms with Gasteiger partial charge in [-0.05, 0) is 51.5 Å². The molecule has 1 saturated carbocycles. The Labute approximate surface area is 98.5 Å². The fourth-order valence-corrected chi connectivity index (χ4v) is 3.06. The molecule has 3 unspecified atom stereocenters. The van der Waals surface area contributed by atoms with E-state index < -0.39 is 5.60 Å². The predicted molar refractivity (Wildman–Crippen MR) is 64.3 cm³/mol. The zero-order valence-electron chi connectivity index (χ0n) is 10.4. The first-order chi connectivity index (χ1) is 7.57. The summed E-state index contributed by atoms with van der Waals surface area (Å²) in [6.07, 6.45) is 6.12. The largest absolute Gasteiger partial charge is 0.393 e. The Balaban J connectivity index is 1.81. The van der Waals surface area contributed by atoms with Crippen LogP contribution in [0.15, 0.2) is 0 Å². The highest BCUT2D eigenvalue weighted by Crippen LogP contribution is 2.28. The number of hydrogen-bond acceptors (Lipinski definition) is 3. The number of rotatable bonds is 2. The zero-order chi connectivity index (χ0) is 11.6. The smallest absolute Gasteiger partial charge is 0.0632 e. The van der Waals surface area contributed by atoms with Crippen molar-refractivity contribution in [2.45, 2.75) is 57.2 Å². The van der Waals surface area contributed by atoms with Gasteiger partial charge in [0.05, 0.1) is 11.7 Å². The van der Waals surface area contributed by atoms with E-state index in [4.69, 9.17) is 0 Å². The van der Waals surface area contributed by atoms with Crippen LogP contribution < -0.4 is 0 Å². The molecule has 0 radical (unpaired) electrons. The van der Waals surface area contributed by atoms with Crippen molar-refractivity contribution in [2.75, 3.05) is 19.6 Å². The molecule has 94 valence electrons. The second-order valence-electron chi connectivity index (χ2n) is 5.91. The van der Waals surface area contributed by atoms with Gasteiger partial charge in [-0.25, -0.2) is 0 Å². The van der Waals surface area contributed by atoms with Crippen LogP contribution >= 0.6 is 0 Å². The molecule has 0 bridgehead atoms. The molecule has 1 aliphatic heterocycles. The molecule has 0 amide bonds. The molecule has 1 heterocycles. The molecule has 1 aliphatic carbocycles. The number of nitrogens with zero attached hydrogens (tertiary/aromatic N) is 1. The maximum Gasteiger partial charge on any atom is 0.0632 e. The van der Waals surface area contributed by atoms with Crippen LogP contribution in [0.5, 0.6) is 0 Å². The quantitative estimate of drug-likeness (QED) is 0.749. The normalized spacial score (nSPS) is 42.2. The minimum absolute atomic E-state index is 0.0798. The summed E-state index contributed by atoms with van der Waals surface area (Å²) in [4.78, 5) is 2.43. The van der Waals surface area contributed by atoms with Gasteiger partial charge in [0, 0.05) is 13.1 Å². The topological polar surface area (TPSA) is 43.7 Å². The van der Waals surface area contributed by atoms with E-state index in [1.807, 2.05) is 6.92 Å². The Kier molecular flexibility index (Phi) is 3.88. The van der Waals surface area contributed by atoms with Crippen LogP contribution in [0, 0.1) is 5.92 Å². The van der Waals surface area contributed by atoms with Crippen molar-refractivity contribution in [3.05, 3.63) is 0 Å². The summed E-state index contributed by atoms with van der Waals surface area (Å²) in [5.74, 6) is 0.475. The molecule has 3 atom stereocenters. The van der Waals surface area contributed by atoms with Crippen molar-refractivity contribution >= 4 is 0 Å². The lowest BCUT2D eigenvalue weighted by atomic mass is 9.98. The van der Waals surface area contributed by atoms with E-state index in [0.717, 1.165) is 45.3 Å². The maximum atomic E-state index is 10.0. The minimum atomic E-state index is -0.469. The molecule has 0 aromatic carbocycles. The van der Waals surface area contributed by atoms with Crippen LogP contribution in [0.25, 0.3) is 0 Å². The van der Waals surface area contributed by atoms with Gasteiger partial charge < -0.3 is 15.1 Å². The lowest BCUT2D eigenvalue weighted by Crippen LogP contribution is -2.34. The van der Waals surface area contributed by atoms with Crippen LogP contribution in [0.1, 0.15) is 45.4 Å². The molecule has 2 N–H and O–H groups in total. The monoisotopic (exact) mass is 227 g/mol. The third-order valence-corrected chi connectivity index (χ3v) is 4.27. The van der Waals surface area contributed by atoms with Crippen molar-refractivity contribution in [3.63, 3.8) is 0 Å². The van der Waals surface area contributed by atoms with Gasteiger partial charge in [0.1, 0.15) is 0 Å². The summed E-state index contributed by atoms with van der Waals surface area (Å²) < 4.78 is 0. The molecule has 0 aromatic heterocycles. The molecular weight excluding hydrogens is 202 g/mol. The average molecular weight is 227 g/mol. The molecule has 16 heavy (non-hydrogen) atoms. The second-order valence-corrected chi connectivity index (χ2v) is 5.91. The lowest BCUT2D eigenvalue weighted by molar-refractivity contribution is 0.0427. The third-order valence-electron chi connectivity index (χ3n) is 4.27. The summed E-state index contributed by atoms with van der Waals surface area (Å²) in [7, 11) is 0. The van der Waals surface area contributed by atoms with E-state index >= 15 is 0 Å². The Morgan fingerprint density at radius 3 is 2.69 bits per heavy atom. The molecule has 3 heteroatoms. The van der Waals surface area contributed by atoms with Gasteiger partial charge in [0.25, 0.3) is 0 Å². The summed E-state index contributed by atoms with van der Waals surface area (Å²) >= 11 is 0. The summed E-state index contributed by atoms with van der Waals surface area (Å²) in [5.41, 5.74) is -0.469. The first-order valence-electron chi connectivity index (χ1n) is 6.70. The number of aliphatic hydroxyl groups excluding tert-OH is 1. The van der Waals surface area contributed by atoms with Gasteiger partial charge >= 0.3 is 0 Å². The Hall–Kier alpha value is -0.120. The number of hydrogen-bond donors (Lipinski definition) is 2. The molecule has 3 nitrogen and oxygen atoms in total. The Morgan fingerprint density at radius 1 is 1.19 bits per heavy atom. The molecule has 0 aromatic rings. The Bertz CT molecular complexity index is 230. The lowest BCUT2D eigenvalue weighted by Gasteiger charge is -2.26. The van der Waals surface area contributed by atoms with Crippen molar-refractivity contribution in [1.29, 1.82) is 0 Å². The summed E-state index contributed by atoms with van der Waals surface area (Å²) in [6.45, 7) is 5.04. The van der Waals surface area contributed by atoms with Crippen molar-refractivity contribution in [2.24, 2.45) is 5.92 Å². The van der Waals surface area contributed by atoms with Crippen LogP contribution in [0.4, 0.5) is 0 Å². The van der Waals surface area contributed by atoms with E-state index in [-0.39, 0.29) is 6.10 Å². The number of likely N-dealkylation sites (tertiary alicyclic amines) is 1. The van der Waals surface area contributed by atoms with Crippen LogP contribution in [0.3, 0.4) is 0 Å². The standard InChI is InChI=1S/C13H25NO2/c1-13(16)6-3-8-14(9-7-13)10-11-4-2-5-12(11)15/h11-12,15-16H,2-10H2,1H3. The van der Waals surface area contributed by atoms with Gasteiger partial charge in [-0.15, -0.1) is 0 Å². The molecular formula is C13H25NO2. The summed E-state index contributed by atoms with van der Waals surface area (Å²) in [5, 5.41) is 19.8.